The molecule has 3 heteroatoms. The van der Waals surface area contributed by atoms with E-state index in [1.807, 2.05) is 23.1 Å². The molecule has 0 aromatic heterocycles. The molecule has 1 amide bonds. The van der Waals surface area contributed by atoms with Crippen LogP contribution < -0.4 is 10.6 Å². The Labute approximate surface area is 102 Å². The molecule has 3 rings (SSSR count). The fourth-order valence-corrected chi connectivity index (χ4v) is 3.11. The Bertz CT molecular complexity index is 450. The highest BCUT2D eigenvalue weighted by Crippen LogP contribution is 2.36. The molecular formula is C14H18N2O. The van der Waals surface area contributed by atoms with Crippen LogP contribution in [0.15, 0.2) is 18.2 Å². The first-order valence-electron chi connectivity index (χ1n) is 6.43. The Morgan fingerprint density at radius 1 is 1.29 bits per heavy atom. The van der Waals surface area contributed by atoms with E-state index in [-0.39, 0.29) is 5.91 Å². The zero-order valence-electron chi connectivity index (χ0n) is 9.98. The van der Waals surface area contributed by atoms with Gasteiger partial charge in [-0.2, -0.15) is 0 Å². The monoisotopic (exact) mass is 230 g/mol. The summed E-state index contributed by atoms with van der Waals surface area (Å²) in [7, 11) is 0. The molecular weight excluding hydrogens is 212 g/mol. The summed E-state index contributed by atoms with van der Waals surface area (Å²) in [6, 6.07) is 5.83. The fourth-order valence-electron chi connectivity index (χ4n) is 3.11. The zero-order valence-corrected chi connectivity index (χ0v) is 9.98. The van der Waals surface area contributed by atoms with Gasteiger partial charge in [-0.25, -0.2) is 0 Å². The third kappa shape index (κ3) is 1.79. The molecule has 1 aliphatic heterocycles. The van der Waals surface area contributed by atoms with Gasteiger partial charge in [0.1, 0.15) is 0 Å². The van der Waals surface area contributed by atoms with Gasteiger partial charge in [0, 0.05) is 6.54 Å². The number of nitrogens with two attached hydrogens (primary N) is 1. The molecule has 0 radical (unpaired) electrons. The zero-order chi connectivity index (χ0) is 11.8. The summed E-state index contributed by atoms with van der Waals surface area (Å²) < 4.78 is 0. The number of nitrogen functional groups attached to an aromatic ring is 1. The number of hydrogen-bond acceptors (Lipinski definition) is 2. The number of anilines is 2. The van der Waals surface area contributed by atoms with Gasteiger partial charge in [-0.05, 0) is 30.4 Å². The normalized spacial score (nSPS) is 20.0. The van der Waals surface area contributed by atoms with E-state index >= 15 is 0 Å². The van der Waals surface area contributed by atoms with Crippen molar-refractivity contribution in [3.8, 4) is 0 Å². The van der Waals surface area contributed by atoms with Crippen molar-refractivity contribution in [2.75, 3.05) is 17.2 Å². The fraction of sp³-hybridized carbons (Fsp3) is 0.500. The van der Waals surface area contributed by atoms with Crippen LogP contribution in [0.2, 0.25) is 0 Å². The number of carbonyl (C=O) groups is 1. The maximum Gasteiger partial charge on any atom is 0.231 e. The van der Waals surface area contributed by atoms with E-state index < -0.39 is 0 Å². The lowest BCUT2D eigenvalue weighted by molar-refractivity contribution is -0.117. The molecule has 17 heavy (non-hydrogen) atoms. The summed E-state index contributed by atoms with van der Waals surface area (Å²) in [5.74, 6) is 0.884. The number of benzene rings is 1. The molecule has 3 nitrogen and oxygen atoms in total. The molecule has 0 atom stereocenters. The van der Waals surface area contributed by atoms with Gasteiger partial charge in [-0.3, -0.25) is 4.79 Å². The minimum absolute atomic E-state index is 0.213. The Morgan fingerprint density at radius 2 is 2.06 bits per heavy atom. The summed E-state index contributed by atoms with van der Waals surface area (Å²) >= 11 is 0. The number of hydrogen-bond donors (Lipinski definition) is 1. The highest BCUT2D eigenvalue weighted by Gasteiger charge is 2.31. The number of para-hydroxylation sites is 1. The van der Waals surface area contributed by atoms with Crippen molar-refractivity contribution in [3.63, 3.8) is 0 Å². The largest absolute Gasteiger partial charge is 0.397 e. The van der Waals surface area contributed by atoms with Gasteiger partial charge in [0.25, 0.3) is 0 Å². The van der Waals surface area contributed by atoms with Gasteiger partial charge in [0.05, 0.1) is 17.8 Å². The minimum atomic E-state index is 0.213. The lowest BCUT2D eigenvalue weighted by atomic mass is 10.1. The van der Waals surface area contributed by atoms with Crippen molar-refractivity contribution >= 4 is 17.3 Å². The smallest absolute Gasteiger partial charge is 0.231 e. The van der Waals surface area contributed by atoms with Crippen molar-refractivity contribution in [3.05, 3.63) is 23.8 Å². The average molecular weight is 230 g/mol. The quantitative estimate of drug-likeness (QED) is 0.793. The molecule has 1 aromatic carbocycles. The van der Waals surface area contributed by atoms with Crippen LogP contribution in [0, 0.1) is 5.92 Å². The van der Waals surface area contributed by atoms with Gasteiger partial charge in [-0.1, -0.05) is 25.0 Å². The number of carbonyl (C=O) groups excluding carboxylic acids is 1. The van der Waals surface area contributed by atoms with Crippen LogP contribution in [-0.4, -0.2) is 12.5 Å². The second-order valence-corrected chi connectivity index (χ2v) is 5.19. The van der Waals surface area contributed by atoms with Crippen molar-refractivity contribution < 1.29 is 4.79 Å². The Morgan fingerprint density at radius 3 is 2.82 bits per heavy atom. The van der Waals surface area contributed by atoms with Crippen molar-refractivity contribution in [2.45, 2.75) is 32.1 Å². The molecule has 1 fully saturated rings. The molecule has 2 aliphatic rings. The Kier molecular flexibility index (Phi) is 2.54. The van der Waals surface area contributed by atoms with Crippen LogP contribution in [0.5, 0.6) is 0 Å². The van der Waals surface area contributed by atoms with Crippen LogP contribution in [-0.2, 0) is 11.2 Å². The Hall–Kier alpha value is -1.51. The second-order valence-electron chi connectivity index (χ2n) is 5.19. The van der Waals surface area contributed by atoms with E-state index in [1.165, 1.54) is 25.7 Å². The van der Waals surface area contributed by atoms with Gasteiger partial charge in [0.2, 0.25) is 5.91 Å². The maximum atomic E-state index is 12.0. The molecule has 1 saturated carbocycles. The molecule has 0 unspecified atom stereocenters. The van der Waals surface area contributed by atoms with E-state index in [0.29, 0.717) is 12.3 Å². The first kappa shape index (κ1) is 10.6. The molecule has 0 saturated heterocycles. The summed E-state index contributed by atoms with van der Waals surface area (Å²) in [4.78, 5) is 14.0. The predicted molar refractivity (Wildman–Crippen MR) is 68.9 cm³/mol. The van der Waals surface area contributed by atoms with E-state index in [0.717, 1.165) is 23.5 Å². The van der Waals surface area contributed by atoms with Gasteiger partial charge in [0.15, 0.2) is 0 Å². The minimum Gasteiger partial charge on any atom is -0.397 e. The molecule has 0 bridgehead atoms. The van der Waals surface area contributed by atoms with Crippen molar-refractivity contribution in [1.82, 2.24) is 0 Å². The summed E-state index contributed by atoms with van der Waals surface area (Å²) in [6.07, 6.45) is 5.65. The molecule has 1 aromatic rings. The summed E-state index contributed by atoms with van der Waals surface area (Å²) in [5, 5.41) is 0. The SMILES string of the molecule is Nc1cccc2c1N(CC1CCCC1)C(=O)C2. The molecule has 1 aliphatic carbocycles. The van der Waals surface area contributed by atoms with Crippen LogP contribution in [0.4, 0.5) is 11.4 Å². The standard InChI is InChI=1S/C14H18N2O/c15-12-7-3-6-11-8-13(17)16(14(11)12)9-10-4-1-2-5-10/h3,6-7,10H,1-2,4-5,8-9,15H2. The number of rotatable bonds is 2. The maximum absolute atomic E-state index is 12.0. The number of fused-ring (bicyclic) bond motifs is 1. The highest BCUT2D eigenvalue weighted by molar-refractivity contribution is 6.04. The first-order chi connectivity index (χ1) is 8.25. The molecule has 90 valence electrons. The van der Waals surface area contributed by atoms with Gasteiger partial charge in [-0.15, -0.1) is 0 Å². The molecule has 0 spiro atoms. The van der Waals surface area contributed by atoms with E-state index in [4.69, 9.17) is 5.73 Å². The van der Waals surface area contributed by atoms with Crippen LogP contribution in [0.3, 0.4) is 0 Å². The topological polar surface area (TPSA) is 46.3 Å². The van der Waals surface area contributed by atoms with Crippen LogP contribution in [0.25, 0.3) is 0 Å². The van der Waals surface area contributed by atoms with E-state index in [2.05, 4.69) is 0 Å². The Balaban J connectivity index is 1.88. The predicted octanol–water partition coefficient (Wildman–Crippen LogP) is 2.35. The van der Waals surface area contributed by atoms with Gasteiger partial charge < -0.3 is 10.6 Å². The number of nitrogens with zero attached hydrogens (tertiary/aromatic N) is 1. The van der Waals surface area contributed by atoms with Crippen LogP contribution in [0.1, 0.15) is 31.2 Å². The first-order valence-corrected chi connectivity index (χ1v) is 6.43. The van der Waals surface area contributed by atoms with Crippen molar-refractivity contribution in [2.24, 2.45) is 5.92 Å². The van der Waals surface area contributed by atoms with E-state index in [9.17, 15) is 4.79 Å². The average Bonchev–Trinajstić information content (AvgIpc) is 2.89. The lowest BCUT2D eigenvalue weighted by Gasteiger charge is -2.22. The summed E-state index contributed by atoms with van der Waals surface area (Å²) in [6.45, 7) is 0.861. The second kappa shape index (κ2) is 4.06. The third-order valence-electron chi connectivity index (χ3n) is 3.98. The van der Waals surface area contributed by atoms with Crippen molar-refractivity contribution in [1.29, 1.82) is 0 Å². The molecule has 2 N–H and O–H groups in total. The lowest BCUT2D eigenvalue weighted by Crippen LogP contribution is -2.31. The third-order valence-corrected chi connectivity index (χ3v) is 3.98. The van der Waals surface area contributed by atoms with Gasteiger partial charge >= 0.3 is 0 Å². The number of amides is 1. The summed E-state index contributed by atoms with van der Waals surface area (Å²) in [5.41, 5.74) is 8.81. The van der Waals surface area contributed by atoms with Crippen LogP contribution >= 0.6 is 0 Å². The highest BCUT2D eigenvalue weighted by atomic mass is 16.2. The molecule has 1 heterocycles. The van der Waals surface area contributed by atoms with E-state index in [1.54, 1.807) is 0 Å².